The smallest absolute Gasteiger partial charge is 0.437 e. The first kappa shape index (κ1) is 121. The number of aliphatic hydroxyl groups is 4. The number of hydrogen-bond acceptors (Lipinski definition) is 41. The third kappa shape index (κ3) is 39.5. The Labute approximate surface area is 790 Å². The van der Waals surface area contributed by atoms with Crippen molar-refractivity contribution in [3.8, 4) is 0 Å². The topological polar surface area (TPSA) is 569 Å². The summed E-state index contributed by atoms with van der Waals surface area (Å²) in [5.74, 6) is -5.25. The van der Waals surface area contributed by atoms with E-state index in [4.69, 9.17) is 104 Å². The lowest BCUT2D eigenvalue weighted by atomic mass is 9.98. The van der Waals surface area contributed by atoms with Crippen molar-refractivity contribution in [2.75, 3.05) is 142 Å². The molecule has 3 aromatic heterocycles. The van der Waals surface area contributed by atoms with Gasteiger partial charge in [0.05, 0.1) is 78.3 Å². The molecule has 7 N–H and O–H groups in total. The first-order valence-corrected chi connectivity index (χ1v) is 47.3. The predicted molar refractivity (Wildman–Crippen MR) is 478 cm³/mol. The molecule has 0 saturated carbocycles. The number of hydrogen-bond donors (Lipinski definition) is 6. The molecule has 3 fully saturated rings. The van der Waals surface area contributed by atoms with Crippen molar-refractivity contribution < 1.29 is 167 Å². The summed E-state index contributed by atoms with van der Waals surface area (Å²) in [7, 11) is -11.0. The number of ether oxygens (including phenoxy) is 9. The normalized spacial score (nSPS) is 22.3. The zero-order valence-electron chi connectivity index (χ0n) is 80.9. The van der Waals surface area contributed by atoms with E-state index in [0.717, 1.165) is 19.9 Å². The van der Waals surface area contributed by atoms with Crippen LogP contribution < -0.4 is 32.6 Å². The van der Waals surface area contributed by atoms with Gasteiger partial charge < -0.3 is 88.4 Å². The van der Waals surface area contributed by atoms with Crippen LogP contribution in [0.4, 0.5) is 30.6 Å². The van der Waals surface area contributed by atoms with Gasteiger partial charge in [-0.05, 0) is 162 Å². The Hall–Kier alpha value is -6.31. The lowest BCUT2D eigenvalue weighted by Crippen LogP contribution is -2.47. The molecule has 763 valence electrons. The number of nitrogens with zero attached hydrogens (tertiary/aromatic N) is 9. The van der Waals surface area contributed by atoms with Gasteiger partial charge in [-0.15, -0.1) is 34.8 Å². The van der Waals surface area contributed by atoms with Gasteiger partial charge in [-0.25, -0.2) is 68.4 Å². The zero-order chi connectivity index (χ0) is 104. The Morgan fingerprint density at radius 3 is 0.932 bits per heavy atom. The van der Waals surface area contributed by atoms with Crippen molar-refractivity contribution in [2.45, 2.75) is 225 Å². The molecule has 0 aliphatic carbocycles. The number of nitrogens with two attached hydrogens (primary N) is 1. The lowest BCUT2D eigenvalue weighted by Gasteiger charge is -2.30. The molecule has 6 heterocycles. The number of phosphoric ester groups is 3. The molecule has 56 heteroatoms. The van der Waals surface area contributed by atoms with Crippen LogP contribution in [0.1, 0.15) is 167 Å². The van der Waals surface area contributed by atoms with Gasteiger partial charge in [0.1, 0.15) is 52.6 Å². The summed E-state index contributed by atoms with van der Waals surface area (Å²) < 4.78 is 194. The lowest BCUT2D eigenvalue weighted by molar-refractivity contribution is -0.166. The fourth-order valence-electron chi connectivity index (χ4n) is 9.63. The Bertz CT molecular complexity index is 4500. The van der Waals surface area contributed by atoms with Gasteiger partial charge in [0, 0.05) is 49.5 Å². The van der Waals surface area contributed by atoms with Gasteiger partial charge >= 0.3 is 76.4 Å². The number of aromatic nitrogens is 6. The highest BCUT2D eigenvalue weighted by atomic mass is 35.5. The van der Waals surface area contributed by atoms with Gasteiger partial charge in [-0.1, -0.05) is 27.6 Å². The van der Waals surface area contributed by atoms with Crippen molar-refractivity contribution in [1.29, 1.82) is 0 Å². The second-order valence-corrected chi connectivity index (χ2v) is 41.6. The number of aliphatic hydroxyl groups excluding tert-OH is 4. The maximum atomic E-state index is 15.3. The molecule has 3 aliphatic rings. The van der Waals surface area contributed by atoms with Crippen LogP contribution in [0.3, 0.4) is 0 Å². The highest BCUT2D eigenvalue weighted by molar-refractivity contribution is 7.60. The molecule has 1 radical (unpaired) electrons. The molecule has 0 spiro atoms. The van der Waals surface area contributed by atoms with E-state index >= 15 is 8.78 Å². The van der Waals surface area contributed by atoms with Gasteiger partial charge in [0.15, 0.2) is 37.2 Å². The summed E-state index contributed by atoms with van der Waals surface area (Å²) >= 11 is 17.7. The molecular formula is C77H130BCl3F3N10O35P4. The third-order valence-electron chi connectivity index (χ3n) is 17.9. The van der Waals surface area contributed by atoms with E-state index in [9.17, 15) is 91.1 Å². The molecule has 45 nitrogen and oxygen atoms in total. The summed E-state index contributed by atoms with van der Waals surface area (Å²) in [6.45, 7) is 34.5. The largest absolute Gasteiger partial charge is 0.480 e. The maximum Gasteiger partial charge on any atom is 0.480 e. The van der Waals surface area contributed by atoms with Gasteiger partial charge in [0.25, 0.3) is 0 Å². The highest BCUT2D eigenvalue weighted by Crippen LogP contribution is 2.54. The molecule has 6 rings (SSSR count). The standard InChI is InChI=1S/C24H38ClFN3O11P.C22H34ClFN3O11P.C12H17ClFN3O4.C12H23O8P.C6H15N.CH3BOP/c1-22(2,3)19(31)35-13-38-41(34,39-14-36-20(32)23(4,5)6)37-12-24(11-25)17(30)16(26)18(40-24)29-10-9-15(28(7)8)27-21(29)33;1-20(2,3)17(29)33-11-36-39(32,37-12-34-18(30)21(4,5)6)35-10-22(9-23)15(28)14(24)16(38-22)27-8-7-13(25)26-19(27)31;1-16(2)7-3-4-17(11(20)15-7)10-8(14)9(19)12(5-13,6-18)21-10;1-11(2,3)9(13)17-7-19-21(15,16)20-8-18-10(14)12(4,5)6;1-4-7(5-2)6-3;1-2-4-3/h9-10,16-18,30H,11-14H2,1-8H3;7-8,14-16,28H,9-12H2,1-6H3,(H2,25,26,31);3-4,8-10,18-19H,5-6H2,1-2H3;7-8H2,1-6H3,(H,15,16);4-6H2,1-3H3;1H3/t16-,17+,18-,24-;14-,15+,16-,22-;8-,9+,10-,12-;;;/m111.../s1/i7T;;1T;;;. The van der Waals surface area contributed by atoms with Crippen LogP contribution in [-0.4, -0.2) is 281 Å². The minimum absolute atomic E-state index is 0.0965. The van der Waals surface area contributed by atoms with Crippen LogP contribution in [0.25, 0.3) is 0 Å². The highest BCUT2D eigenvalue weighted by Gasteiger charge is 2.60. The Morgan fingerprint density at radius 1 is 0.489 bits per heavy atom. The number of anilines is 3. The van der Waals surface area contributed by atoms with E-state index < -0.39 is 253 Å². The number of carbonyl (C=O) groups is 6. The average molecular weight is 2060 g/mol. The average Bonchev–Trinajstić information content (AvgIpc) is 1.55. The molecule has 12 atom stereocenters. The molecule has 0 bridgehead atoms. The van der Waals surface area contributed by atoms with Crippen LogP contribution in [-0.2, 0) is 126 Å². The van der Waals surface area contributed by atoms with E-state index in [0.29, 0.717) is 0 Å². The minimum atomic E-state index is -4.74. The predicted octanol–water partition coefficient (Wildman–Crippen LogP) is 9.06. The second-order valence-electron chi connectivity index (χ2n) is 35.3. The van der Waals surface area contributed by atoms with Crippen LogP contribution in [0.2, 0.25) is 6.82 Å². The number of nitrogen functional groups attached to an aromatic ring is 1. The molecule has 3 aliphatic heterocycles. The van der Waals surface area contributed by atoms with Gasteiger partial charge in [0.2, 0.25) is 47.8 Å². The quantitative estimate of drug-likeness (QED) is 0.00782. The number of alkyl halides is 6. The fraction of sp³-hybridized carbons (Fsp3) is 0.766. The van der Waals surface area contributed by atoms with Crippen LogP contribution in [0, 0.1) is 32.5 Å². The molecule has 3 aromatic rings. The SMILES string of the molecule is CC(C)(C)C(=O)OCOP(=O)(O)OCOC(=O)C(C)(C)C.CC(C)(C)C(=O)OCOP(=O)(OCOC(=O)C(C)(C)C)OC[C@@]1(CCl)O[C@@H](n2ccc(N)nc2=O)[C@H](F)[C@@H]1O.CCN(CC)CC.C[B]P=O.[3H]CN(C)c1ccn([C@@H]2O[C@@](CO)(CCl)[C@@H](O)[C@H]2F)c(=O)n1.[3H]CN(C)c1ccn([C@@H]2O[C@](CCl)(COP(=O)(OCOC(=O)C(C)(C)C)OCOC(=O)C(C)(C)C)[C@@H](O)[C@H]2F)c(=O)n1. The molecule has 0 amide bonds. The number of carbonyl (C=O) groups excluding carboxylic acids is 6. The molecule has 133 heavy (non-hydrogen) atoms. The van der Waals surface area contributed by atoms with Crippen LogP contribution in [0.5, 0.6) is 0 Å². The molecular weight excluding hydrogens is 1920 g/mol. The summed E-state index contributed by atoms with van der Waals surface area (Å²) in [5, 5.41) is 40.6. The molecule has 0 unspecified atom stereocenters. The zero-order valence-corrected chi connectivity index (χ0v) is 84.7. The van der Waals surface area contributed by atoms with Gasteiger partial charge in [-0.3, -0.25) is 56.1 Å². The van der Waals surface area contributed by atoms with Crippen molar-refractivity contribution in [3.63, 3.8) is 0 Å². The summed E-state index contributed by atoms with van der Waals surface area (Å²) in [4.78, 5) is 133. The monoisotopic (exact) mass is 2060 g/mol. The van der Waals surface area contributed by atoms with Crippen molar-refractivity contribution in [1.82, 2.24) is 33.6 Å². The van der Waals surface area contributed by atoms with Crippen LogP contribution >= 0.6 is 66.6 Å². The summed E-state index contributed by atoms with van der Waals surface area (Å²) in [5.41, 5.74) is -8.21. The summed E-state index contributed by atoms with van der Waals surface area (Å²) in [6, 6.07) is 4.00. The molecule has 0 aromatic carbocycles. The Morgan fingerprint density at radius 2 is 0.729 bits per heavy atom. The molecule has 3 saturated heterocycles. The van der Waals surface area contributed by atoms with E-state index in [1.807, 2.05) is 0 Å². The van der Waals surface area contributed by atoms with Gasteiger partial charge in [-0.2, -0.15) is 15.0 Å². The number of phosphoric acid groups is 3. The van der Waals surface area contributed by atoms with E-state index in [1.165, 1.54) is 67.1 Å². The third-order valence-corrected chi connectivity index (χ3v) is 22.9. The van der Waals surface area contributed by atoms with Crippen molar-refractivity contribution in [2.24, 2.45) is 32.5 Å². The van der Waals surface area contributed by atoms with E-state index in [-0.39, 0.29) is 45.7 Å². The summed E-state index contributed by atoms with van der Waals surface area (Å²) in [6.07, 6.45) is -13.3. The Balaban J connectivity index is 0.000000896. The number of esters is 6. The second kappa shape index (κ2) is 54.3. The van der Waals surface area contributed by atoms with Crippen molar-refractivity contribution >= 4 is 127 Å². The Kier molecular flexibility index (Phi) is 49.4. The van der Waals surface area contributed by atoms with Crippen molar-refractivity contribution in [3.05, 3.63) is 68.2 Å². The fourth-order valence-corrected chi connectivity index (χ4v) is 12.9. The van der Waals surface area contributed by atoms with E-state index in [2.05, 4.69) is 59.1 Å². The number of halogens is 6. The number of rotatable bonds is 37. The first-order valence-electron chi connectivity index (χ1n) is 41.9. The maximum absolute atomic E-state index is 15.3. The van der Waals surface area contributed by atoms with Crippen LogP contribution in [0.15, 0.2) is 51.2 Å². The first-order chi connectivity index (χ1) is 62.1. The van der Waals surface area contributed by atoms with E-state index in [1.54, 1.807) is 145 Å². The minimum Gasteiger partial charge on any atom is -0.437 e.